The maximum Gasteiger partial charge on any atom is 0.156 e. The van der Waals surface area contributed by atoms with Gasteiger partial charge in [0.2, 0.25) is 0 Å². The van der Waals surface area contributed by atoms with E-state index in [2.05, 4.69) is 0 Å². The summed E-state index contributed by atoms with van der Waals surface area (Å²) in [6.07, 6.45) is 0. The molecule has 0 saturated carbocycles. The van der Waals surface area contributed by atoms with E-state index >= 15 is 0 Å². The minimum atomic E-state index is -3.03. The van der Waals surface area contributed by atoms with Crippen LogP contribution in [0.15, 0.2) is 29.2 Å². The fraction of sp³-hybridized carbons (Fsp3) is 0.571. The number of sulfone groups is 1. The number of hydrogen-bond acceptors (Lipinski definition) is 4. The topological polar surface area (TPSA) is 60.2 Å². The van der Waals surface area contributed by atoms with E-state index in [1.165, 1.54) is 0 Å². The predicted molar refractivity (Wildman–Crippen MR) is 83.3 cm³/mol. The van der Waals surface area contributed by atoms with E-state index in [4.69, 9.17) is 5.73 Å². The third-order valence-electron chi connectivity index (χ3n) is 2.96. The van der Waals surface area contributed by atoms with Gasteiger partial charge in [0.05, 0.1) is 10.5 Å². The molecule has 0 saturated heterocycles. The highest BCUT2D eigenvalue weighted by molar-refractivity contribution is 8.01. The van der Waals surface area contributed by atoms with Gasteiger partial charge in [0.15, 0.2) is 9.84 Å². The summed E-state index contributed by atoms with van der Waals surface area (Å²) < 4.78 is 23.2. The lowest BCUT2D eigenvalue weighted by Crippen LogP contribution is -2.31. The van der Waals surface area contributed by atoms with Crippen molar-refractivity contribution in [2.45, 2.75) is 43.4 Å². The smallest absolute Gasteiger partial charge is 0.156 e. The lowest BCUT2D eigenvalue weighted by Gasteiger charge is -2.18. The highest BCUT2D eigenvalue weighted by Crippen LogP contribution is 2.23. The van der Waals surface area contributed by atoms with Gasteiger partial charge in [-0.05, 0) is 45.4 Å². The summed E-state index contributed by atoms with van der Waals surface area (Å²) >= 11 is 1.56. The zero-order valence-corrected chi connectivity index (χ0v) is 13.6. The summed E-state index contributed by atoms with van der Waals surface area (Å²) in [5.74, 6) is 0.785. The summed E-state index contributed by atoms with van der Waals surface area (Å²) in [5.41, 5.74) is 6.87. The first-order valence-corrected chi connectivity index (χ1v) is 8.98. The second kappa shape index (κ2) is 6.29. The van der Waals surface area contributed by atoms with Gasteiger partial charge in [-0.25, -0.2) is 8.42 Å². The Labute approximate surface area is 120 Å². The van der Waals surface area contributed by atoms with Crippen LogP contribution in [-0.2, 0) is 9.84 Å². The van der Waals surface area contributed by atoms with E-state index in [1.54, 1.807) is 32.5 Å². The van der Waals surface area contributed by atoms with Crippen molar-refractivity contribution in [3.8, 4) is 0 Å². The molecule has 1 unspecified atom stereocenters. The first-order valence-electron chi connectivity index (χ1n) is 6.34. The standard InChI is InChI=1S/C14H23NO2S2/c1-11(15)12-5-7-13(8-6-12)18-9-10-19(16,17)14(2,3)4/h5-8,11H,9-10,15H2,1-4H3. The molecule has 1 aromatic carbocycles. The van der Waals surface area contributed by atoms with Gasteiger partial charge in [0, 0.05) is 16.7 Å². The van der Waals surface area contributed by atoms with E-state index in [-0.39, 0.29) is 11.8 Å². The van der Waals surface area contributed by atoms with Crippen molar-refractivity contribution in [1.82, 2.24) is 0 Å². The largest absolute Gasteiger partial charge is 0.324 e. The van der Waals surface area contributed by atoms with Gasteiger partial charge in [0.25, 0.3) is 0 Å². The quantitative estimate of drug-likeness (QED) is 0.849. The molecule has 0 bridgehead atoms. The number of nitrogens with two attached hydrogens (primary N) is 1. The SMILES string of the molecule is CC(N)c1ccc(SCCS(=O)(=O)C(C)(C)C)cc1. The van der Waals surface area contributed by atoms with Gasteiger partial charge >= 0.3 is 0 Å². The third-order valence-corrected chi connectivity index (χ3v) is 6.84. The molecular formula is C14H23NO2S2. The van der Waals surface area contributed by atoms with Crippen LogP contribution in [-0.4, -0.2) is 24.7 Å². The van der Waals surface area contributed by atoms with Crippen molar-refractivity contribution in [2.75, 3.05) is 11.5 Å². The third kappa shape index (κ3) is 4.82. The Hall–Kier alpha value is -0.520. The fourth-order valence-corrected chi connectivity index (χ4v) is 3.83. The second-order valence-electron chi connectivity index (χ2n) is 5.64. The van der Waals surface area contributed by atoms with Crippen LogP contribution in [0.2, 0.25) is 0 Å². The maximum absolute atomic E-state index is 12.0. The normalized spacial score (nSPS) is 14.4. The minimum absolute atomic E-state index is 0.0281. The zero-order chi connectivity index (χ0) is 14.7. The van der Waals surface area contributed by atoms with Gasteiger partial charge < -0.3 is 5.73 Å². The van der Waals surface area contributed by atoms with E-state index in [0.717, 1.165) is 10.5 Å². The Morgan fingerprint density at radius 2 is 1.74 bits per heavy atom. The van der Waals surface area contributed by atoms with Crippen LogP contribution in [0.5, 0.6) is 0 Å². The van der Waals surface area contributed by atoms with Crippen molar-refractivity contribution >= 4 is 21.6 Å². The average Bonchev–Trinajstić information content (AvgIpc) is 2.28. The molecule has 5 heteroatoms. The number of benzene rings is 1. The highest BCUT2D eigenvalue weighted by atomic mass is 32.2. The number of hydrogen-bond donors (Lipinski definition) is 1. The summed E-state index contributed by atoms with van der Waals surface area (Å²) in [5, 5.41) is 0. The molecule has 2 N–H and O–H groups in total. The van der Waals surface area contributed by atoms with Crippen molar-refractivity contribution in [2.24, 2.45) is 5.73 Å². The molecular weight excluding hydrogens is 278 g/mol. The molecule has 0 fully saturated rings. The van der Waals surface area contributed by atoms with E-state index in [0.29, 0.717) is 5.75 Å². The summed E-state index contributed by atoms with van der Waals surface area (Å²) in [6, 6.07) is 8.00. The van der Waals surface area contributed by atoms with Gasteiger partial charge in [-0.3, -0.25) is 0 Å². The van der Waals surface area contributed by atoms with Crippen LogP contribution < -0.4 is 5.73 Å². The second-order valence-corrected chi connectivity index (χ2v) is 9.67. The molecule has 0 aliphatic rings. The molecule has 1 atom stereocenters. The Balaban J connectivity index is 2.55. The average molecular weight is 301 g/mol. The van der Waals surface area contributed by atoms with Gasteiger partial charge in [-0.2, -0.15) is 0 Å². The van der Waals surface area contributed by atoms with Crippen molar-refractivity contribution in [3.63, 3.8) is 0 Å². The molecule has 0 radical (unpaired) electrons. The van der Waals surface area contributed by atoms with Crippen LogP contribution >= 0.6 is 11.8 Å². The Kier molecular flexibility index (Phi) is 5.47. The van der Waals surface area contributed by atoms with Crippen molar-refractivity contribution in [1.29, 1.82) is 0 Å². The molecule has 0 spiro atoms. The summed E-state index contributed by atoms with van der Waals surface area (Å²) in [7, 11) is -3.03. The summed E-state index contributed by atoms with van der Waals surface area (Å²) in [6.45, 7) is 7.16. The molecule has 0 aliphatic carbocycles. The van der Waals surface area contributed by atoms with Crippen LogP contribution in [0, 0.1) is 0 Å². The molecule has 0 heterocycles. The first kappa shape index (κ1) is 16.5. The van der Waals surface area contributed by atoms with Crippen LogP contribution in [0.25, 0.3) is 0 Å². The van der Waals surface area contributed by atoms with Crippen LogP contribution in [0.3, 0.4) is 0 Å². The molecule has 1 rings (SSSR count). The lowest BCUT2D eigenvalue weighted by atomic mass is 10.1. The Morgan fingerprint density at radius 3 is 2.16 bits per heavy atom. The van der Waals surface area contributed by atoms with Gasteiger partial charge in [-0.1, -0.05) is 12.1 Å². The maximum atomic E-state index is 12.0. The molecule has 0 aromatic heterocycles. The van der Waals surface area contributed by atoms with Crippen molar-refractivity contribution < 1.29 is 8.42 Å². The van der Waals surface area contributed by atoms with Gasteiger partial charge in [-0.15, -0.1) is 11.8 Å². The Morgan fingerprint density at radius 1 is 1.21 bits per heavy atom. The van der Waals surface area contributed by atoms with Gasteiger partial charge in [0.1, 0.15) is 0 Å². The minimum Gasteiger partial charge on any atom is -0.324 e. The number of thioether (sulfide) groups is 1. The fourth-order valence-electron chi connectivity index (χ4n) is 1.44. The van der Waals surface area contributed by atoms with Crippen LogP contribution in [0.4, 0.5) is 0 Å². The molecule has 1 aromatic rings. The van der Waals surface area contributed by atoms with Crippen molar-refractivity contribution in [3.05, 3.63) is 29.8 Å². The highest BCUT2D eigenvalue weighted by Gasteiger charge is 2.28. The van der Waals surface area contributed by atoms with E-state index < -0.39 is 14.6 Å². The molecule has 108 valence electrons. The Bertz CT molecular complexity index is 499. The van der Waals surface area contributed by atoms with E-state index in [1.807, 2.05) is 31.2 Å². The lowest BCUT2D eigenvalue weighted by molar-refractivity contribution is 0.562. The molecule has 0 aliphatic heterocycles. The summed E-state index contributed by atoms with van der Waals surface area (Å²) in [4.78, 5) is 1.08. The number of rotatable bonds is 5. The van der Waals surface area contributed by atoms with Crippen LogP contribution in [0.1, 0.15) is 39.3 Å². The zero-order valence-electron chi connectivity index (χ0n) is 12.0. The monoisotopic (exact) mass is 301 g/mol. The molecule has 0 amide bonds. The molecule has 3 nitrogen and oxygen atoms in total. The predicted octanol–water partition coefficient (Wildman–Crippen LogP) is 3.01. The van der Waals surface area contributed by atoms with E-state index in [9.17, 15) is 8.42 Å². The first-order chi connectivity index (χ1) is 8.63. The molecule has 19 heavy (non-hydrogen) atoms.